The number of hydrogen-bond donors (Lipinski definition) is 2. The normalized spacial score (nSPS) is 11.7. The van der Waals surface area contributed by atoms with E-state index in [0.717, 1.165) is 15.6 Å². The first-order valence-electron chi connectivity index (χ1n) is 6.86. The van der Waals surface area contributed by atoms with Crippen LogP contribution < -0.4 is 5.43 Å². The number of carbonyl (C=O) groups excluding carboxylic acids is 1. The molecule has 0 radical (unpaired) electrons. The molecule has 116 valence electrons. The minimum atomic E-state index is -0.463. The van der Waals surface area contributed by atoms with E-state index in [1.807, 2.05) is 30.3 Å². The number of phenolic OH excluding ortho intramolecular Hbond substituents is 1. The first-order chi connectivity index (χ1) is 11.0. The molecule has 3 rings (SSSR count). The van der Waals surface area contributed by atoms with Gasteiger partial charge < -0.3 is 5.11 Å². The molecule has 0 unspecified atom stereocenters. The monoisotopic (exact) mass is 344 g/mol. The lowest BCUT2D eigenvalue weighted by atomic mass is 10.1. The zero-order valence-electron chi connectivity index (χ0n) is 12.2. The summed E-state index contributed by atoms with van der Waals surface area (Å²) in [6, 6.07) is 14.3. The largest absolute Gasteiger partial charge is 0.507 e. The zero-order valence-corrected chi connectivity index (χ0v) is 13.8. The summed E-state index contributed by atoms with van der Waals surface area (Å²) in [6.45, 7) is 1.78. The van der Waals surface area contributed by atoms with E-state index in [1.54, 1.807) is 25.1 Å². The van der Waals surface area contributed by atoms with Gasteiger partial charge in [-0.25, -0.2) is 5.43 Å². The topological polar surface area (TPSA) is 61.7 Å². The summed E-state index contributed by atoms with van der Waals surface area (Å²) in [7, 11) is 0. The Morgan fingerprint density at radius 1 is 1.17 bits per heavy atom. The summed E-state index contributed by atoms with van der Waals surface area (Å²) in [5, 5.41) is 15.8. The summed E-state index contributed by atoms with van der Waals surface area (Å²) in [5.74, 6) is -0.538. The summed E-state index contributed by atoms with van der Waals surface area (Å²) < 4.78 is 0.660. The summed E-state index contributed by atoms with van der Waals surface area (Å²) in [6.07, 6.45) is 0. The lowest BCUT2D eigenvalue weighted by Crippen LogP contribution is -2.19. The van der Waals surface area contributed by atoms with Gasteiger partial charge in [-0.05, 0) is 42.0 Å². The number of nitrogens with one attached hydrogen (secondary N) is 1. The van der Waals surface area contributed by atoms with E-state index in [1.165, 1.54) is 11.3 Å². The summed E-state index contributed by atoms with van der Waals surface area (Å²) in [5.41, 5.74) is 3.30. The Hall–Kier alpha value is -2.37. The van der Waals surface area contributed by atoms with Gasteiger partial charge in [0.15, 0.2) is 0 Å². The van der Waals surface area contributed by atoms with Crippen LogP contribution in [0, 0.1) is 0 Å². The van der Waals surface area contributed by atoms with Crippen molar-refractivity contribution in [1.29, 1.82) is 0 Å². The average molecular weight is 345 g/mol. The van der Waals surface area contributed by atoms with Crippen molar-refractivity contribution in [1.82, 2.24) is 5.43 Å². The summed E-state index contributed by atoms with van der Waals surface area (Å²) in [4.78, 5) is 13.1. The predicted molar refractivity (Wildman–Crippen MR) is 94.6 cm³/mol. The molecule has 0 aliphatic rings. The quantitative estimate of drug-likeness (QED) is 0.546. The SMILES string of the molecule is C/C(=N\NC(=O)c1cc2ccccc2cc1O)c1ccc(Cl)s1. The standard InChI is InChI=1S/C17H13ClN2O2S/c1-10(15-6-7-16(18)23-15)19-20-17(22)13-8-11-4-2-3-5-12(11)9-14(13)21/h2-9,21H,1H3,(H,20,22)/b19-10+. The predicted octanol–water partition coefficient (Wildman–Crippen LogP) is 4.41. The fraction of sp³-hybridized carbons (Fsp3) is 0.0588. The van der Waals surface area contributed by atoms with E-state index in [0.29, 0.717) is 10.0 Å². The van der Waals surface area contributed by atoms with Crippen LogP contribution in [0.1, 0.15) is 22.2 Å². The van der Waals surface area contributed by atoms with Gasteiger partial charge in [-0.1, -0.05) is 35.9 Å². The number of amides is 1. The number of phenols is 1. The number of halogens is 1. The Balaban J connectivity index is 1.84. The number of aromatic hydroxyl groups is 1. The van der Waals surface area contributed by atoms with Crippen molar-refractivity contribution >= 4 is 45.3 Å². The van der Waals surface area contributed by atoms with E-state index < -0.39 is 5.91 Å². The molecule has 1 aromatic heterocycles. The fourth-order valence-corrected chi connectivity index (χ4v) is 3.16. The van der Waals surface area contributed by atoms with Crippen LogP contribution in [-0.2, 0) is 0 Å². The van der Waals surface area contributed by atoms with Crippen molar-refractivity contribution < 1.29 is 9.90 Å². The third-order valence-electron chi connectivity index (χ3n) is 3.36. The van der Waals surface area contributed by atoms with Crippen LogP contribution in [-0.4, -0.2) is 16.7 Å². The number of rotatable bonds is 3. The molecule has 0 spiro atoms. The molecule has 0 saturated carbocycles. The van der Waals surface area contributed by atoms with Gasteiger partial charge in [0.1, 0.15) is 5.75 Å². The molecule has 0 atom stereocenters. The number of hydrogen-bond acceptors (Lipinski definition) is 4. The molecule has 2 aromatic carbocycles. The highest BCUT2D eigenvalue weighted by atomic mass is 35.5. The van der Waals surface area contributed by atoms with E-state index >= 15 is 0 Å². The molecule has 4 nitrogen and oxygen atoms in total. The first-order valence-corrected chi connectivity index (χ1v) is 8.06. The number of benzene rings is 2. The molecule has 1 heterocycles. The van der Waals surface area contributed by atoms with Gasteiger partial charge in [-0.2, -0.15) is 5.10 Å². The molecular formula is C17H13ClN2O2S. The van der Waals surface area contributed by atoms with Crippen LogP contribution in [0.5, 0.6) is 5.75 Å². The molecular weight excluding hydrogens is 332 g/mol. The van der Waals surface area contributed by atoms with Crippen molar-refractivity contribution in [3.63, 3.8) is 0 Å². The molecule has 23 heavy (non-hydrogen) atoms. The molecule has 0 fully saturated rings. The molecule has 0 aliphatic heterocycles. The minimum absolute atomic E-state index is 0.0757. The number of carbonyl (C=O) groups is 1. The van der Waals surface area contributed by atoms with E-state index in [2.05, 4.69) is 10.5 Å². The first kappa shape index (κ1) is 15.5. The van der Waals surface area contributed by atoms with Crippen LogP contribution in [0.15, 0.2) is 53.6 Å². The van der Waals surface area contributed by atoms with Gasteiger partial charge >= 0.3 is 0 Å². The molecule has 0 aliphatic carbocycles. The van der Waals surface area contributed by atoms with Gasteiger partial charge in [-0.3, -0.25) is 4.79 Å². The second kappa shape index (κ2) is 6.40. The van der Waals surface area contributed by atoms with Crippen molar-refractivity contribution in [3.05, 3.63) is 63.3 Å². The lowest BCUT2D eigenvalue weighted by Gasteiger charge is -2.06. The fourth-order valence-electron chi connectivity index (χ4n) is 2.17. The van der Waals surface area contributed by atoms with Crippen molar-refractivity contribution in [2.75, 3.05) is 0 Å². The zero-order chi connectivity index (χ0) is 16.4. The Morgan fingerprint density at radius 2 is 1.87 bits per heavy atom. The minimum Gasteiger partial charge on any atom is -0.507 e. The highest BCUT2D eigenvalue weighted by molar-refractivity contribution is 7.18. The van der Waals surface area contributed by atoms with Gasteiger partial charge in [0.25, 0.3) is 5.91 Å². The van der Waals surface area contributed by atoms with Gasteiger partial charge in [0.2, 0.25) is 0 Å². The van der Waals surface area contributed by atoms with E-state index in [4.69, 9.17) is 11.6 Å². The highest BCUT2D eigenvalue weighted by Crippen LogP contribution is 2.25. The smallest absolute Gasteiger partial charge is 0.275 e. The Kier molecular flexibility index (Phi) is 4.32. The Labute approximate surface area is 142 Å². The van der Waals surface area contributed by atoms with Crippen LogP contribution in [0.2, 0.25) is 4.34 Å². The molecule has 0 bridgehead atoms. The van der Waals surface area contributed by atoms with Crippen LogP contribution in [0.25, 0.3) is 10.8 Å². The second-order valence-electron chi connectivity index (χ2n) is 4.96. The van der Waals surface area contributed by atoms with E-state index in [9.17, 15) is 9.90 Å². The second-order valence-corrected chi connectivity index (χ2v) is 6.67. The lowest BCUT2D eigenvalue weighted by molar-refractivity contribution is 0.0952. The molecule has 3 aromatic rings. The molecule has 6 heteroatoms. The number of hydrazone groups is 1. The van der Waals surface area contributed by atoms with Gasteiger partial charge in [0, 0.05) is 0 Å². The van der Waals surface area contributed by atoms with Gasteiger partial charge in [0.05, 0.1) is 20.5 Å². The van der Waals surface area contributed by atoms with Crippen LogP contribution in [0.3, 0.4) is 0 Å². The Morgan fingerprint density at radius 3 is 2.52 bits per heavy atom. The maximum Gasteiger partial charge on any atom is 0.275 e. The molecule has 2 N–H and O–H groups in total. The number of nitrogens with zero attached hydrogens (tertiary/aromatic N) is 1. The van der Waals surface area contributed by atoms with Crippen LogP contribution in [0.4, 0.5) is 0 Å². The van der Waals surface area contributed by atoms with E-state index in [-0.39, 0.29) is 11.3 Å². The third-order valence-corrected chi connectivity index (χ3v) is 4.70. The number of thiophene rings is 1. The maximum absolute atomic E-state index is 12.2. The summed E-state index contributed by atoms with van der Waals surface area (Å²) >= 11 is 7.26. The van der Waals surface area contributed by atoms with Crippen LogP contribution >= 0.6 is 22.9 Å². The molecule has 1 amide bonds. The molecule has 0 saturated heterocycles. The van der Waals surface area contributed by atoms with Crippen molar-refractivity contribution in [3.8, 4) is 5.75 Å². The van der Waals surface area contributed by atoms with Crippen molar-refractivity contribution in [2.24, 2.45) is 5.10 Å². The highest BCUT2D eigenvalue weighted by Gasteiger charge is 2.12. The third kappa shape index (κ3) is 3.36. The van der Waals surface area contributed by atoms with Crippen molar-refractivity contribution in [2.45, 2.75) is 6.92 Å². The average Bonchev–Trinajstić information content (AvgIpc) is 2.98. The Bertz CT molecular complexity index is 918. The maximum atomic E-state index is 12.2. The van der Waals surface area contributed by atoms with Gasteiger partial charge in [-0.15, -0.1) is 11.3 Å². The number of fused-ring (bicyclic) bond motifs is 1.